The molecule has 1 unspecified atom stereocenters. The molecule has 0 aliphatic rings. The normalized spacial score (nSPS) is 13.5. The van der Waals surface area contributed by atoms with E-state index in [0.717, 1.165) is 5.56 Å². The van der Waals surface area contributed by atoms with Crippen LogP contribution >= 0.6 is 0 Å². The van der Waals surface area contributed by atoms with Gasteiger partial charge in [0.2, 0.25) is 10.0 Å². The van der Waals surface area contributed by atoms with Crippen molar-refractivity contribution in [2.24, 2.45) is 0 Å². The molecule has 0 saturated heterocycles. The number of rotatable bonds is 6. The third-order valence-electron chi connectivity index (χ3n) is 3.22. The van der Waals surface area contributed by atoms with Gasteiger partial charge in [-0.1, -0.05) is 6.92 Å². The summed E-state index contributed by atoms with van der Waals surface area (Å²) in [5, 5.41) is 8.92. The summed E-state index contributed by atoms with van der Waals surface area (Å²) in [5.74, 6) is 0. The fourth-order valence-corrected chi connectivity index (χ4v) is 3.62. The molecule has 0 aromatic heterocycles. The van der Waals surface area contributed by atoms with Crippen LogP contribution in [0.1, 0.15) is 30.9 Å². The van der Waals surface area contributed by atoms with E-state index in [9.17, 15) is 8.42 Å². The van der Waals surface area contributed by atoms with Crippen molar-refractivity contribution in [3.63, 3.8) is 0 Å². The van der Waals surface area contributed by atoms with Crippen LogP contribution in [0.3, 0.4) is 0 Å². The van der Waals surface area contributed by atoms with E-state index in [0.29, 0.717) is 24.1 Å². The first-order valence-corrected chi connectivity index (χ1v) is 7.80. The van der Waals surface area contributed by atoms with Crippen molar-refractivity contribution in [1.82, 2.24) is 4.72 Å². The van der Waals surface area contributed by atoms with Crippen molar-refractivity contribution in [1.29, 1.82) is 0 Å². The number of aliphatic hydroxyl groups excluding tert-OH is 1. The van der Waals surface area contributed by atoms with Gasteiger partial charge in [-0.25, -0.2) is 13.1 Å². The summed E-state index contributed by atoms with van der Waals surface area (Å²) in [6, 6.07) is 2.95. The maximum atomic E-state index is 12.4. The molecular formula is C13H22N2O3S. The molecule has 1 aromatic carbocycles. The van der Waals surface area contributed by atoms with Crippen LogP contribution in [0.25, 0.3) is 0 Å². The summed E-state index contributed by atoms with van der Waals surface area (Å²) in [4.78, 5) is 0.210. The number of hydrogen-bond acceptors (Lipinski definition) is 4. The van der Waals surface area contributed by atoms with E-state index in [1.807, 2.05) is 13.8 Å². The van der Waals surface area contributed by atoms with Crippen molar-refractivity contribution in [2.45, 2.75) is 44.6 Å². The molecule has 0 aliphatic heterocycles. The summed E-state index contributed by atoms with van der Waals surface area (Å²) in [7, 11) is -3.61. The zero-order chi connectivity index (χ0) is 14.6. The van der Waals surface area contributed by atoms with Crippen LogP contribution in [0.15, 0.2) is 17.0 Å². The quantitative estimate of drug-likeness (QED) is 0.688. The molecule has 0 spiro atoms. The minimum absolute atomic E-state index is 0.0457. The summed E-state index contributed by atoms with van der Waals surface area (Å²) >= 11 is 0. The second-order valence-corrected chi connectivity index (χ2v) is 6.38. The predicted molar refractivity (Wildman–Crippen MR) is 76.4 cm³/mol. The summed E-state index contributed by atoms with van der Waals surface area (Å²) in [6.45, 7) is 5.42. The van der Waals surface area contributed by atoms with Crippen LogP contribution in [-0.4, -0.2) is 26.2 Å². The first-order chi connectivity index (χ1) is 8.81. The van der Waals surface area contributed by atoms with Crippen LogP contribution < -0.4 is 10.5 Å². The molecule has 0 bridgehead atoms. The third-order valence-corrected chi connectivity index (χ3v) is 4.87. The van der Waals surface area contributed by atoms with Gasteiger partial charge >= 0.3 is 0 Å². The number of anilines is 1. The van der Waals surface area contributed by atoms with Gasteiger partial charge in [0, 0.05) is 18.3 Å². The van der Waals surface area contributed by atoms with Gasteiger partial charge in [0.05, 0.1) is 4.90 Å². The van der Waals surface area contributed by atoms with Gasteiger partial charge in [-0.05, 0) is 49.9 Å². The SMILES string of the molecule is CCC(CCO)NS(=O)(=O)c1cc(N)cc(C)c1C. The van der Waals surface area contributed by atoms with E-state index in [1.165, 1.54) is 6.07 Å². The number of nitrogens with one attached hydrogen (secondary N) is 1. The molecule has 1 rings (SSSR count). The van der Waals surface area contributed by atoms with Crippen molar-refractivity contribution in [3.8, 4) is 0 Å². The lowest BCUT2D eigenvalue weighted by Crippen LogP contribution is -2.35. The Bertz CT molecular complexity index is 541. The Kier molecular flexibility index (Phi) is 5.34. The second-order valence-electron chi connectivity index (χ2n) is 4.70. The molecule has 6 heteroatoms. The zero-order valence-electron chi connectivity index (χ0n) is 11.6. The molecule has 1 atom stereocenters. The average molecular weight is 286 g/mol. The summed E-state index contributed by atoms with van der Waals surface area (Å²) in [5.41, 5.74) is 7.68. The molecule has 0 fully saturated rings. The Labute approximate surface area is 114 Å². The number of nitrogen functional groups attached to an aromatic ring is 1. The largest absolute Gasteiger partial charge is 0.399 e. The van der Waals surface area contributed by atoms with Gasteiger partial charge < -0.3 is 10.8 Å². The van der Waals surface area contributed by atoms with Gasteiger partial charge in [0.25, 0.3) is 0 Å². The molecule has 0 saturated carbocycles. The van der Waals surface area contributed by atoms with Crippen LogP contribution in [0, 0.1) is 13.8 Å². The minimum atomic E-state index is -3.61. The van der Waals surface area contributed by atoms with Crippen molar-refractivity contribution in [2.75, 3.05) is 12.3 Å². The van der Waals surface area contributed by atoms with Gasteiger partial charge in [0.1, 0.15) is 0 Å². The van der Waals surface area contributed by atoms with Crippen LogP contribution in [0.2, 0.25) is 0 Å². The summed E-state index contributed by atoms with van der Waals surface area (Å²) < 4.78 is 27.3. The molecule has 0 radical (unpaired) electrons. The van der Waals surface area contributed by atoms with Gasteiger partial charge in [-0.15, -0.1) is 0 Å². The van der Waals surface area contributed by atoms with E-state index in [-0.39, 0.29) is 17.5 Å². The van der Waals surface area contributed by atoms with E-state index >= 15 is 0 Å². The van der Waals surface area contributed by atoms with Crippen molar-refractivity contribution in [3.05, 3.63) is 23.3 Å². The first-order valence-electron chi connectivity index (χ1n) is 6.31. The lowest BCUT2D eigenvalue weighted by Gasteiger charge is -2.18. The van der Waals surface area contributed by atoms with Gasteiger partial charge in [0.15, 0.2) is 0 Å². The van der Waals surface area contributed by atoms with Gasteiger partial charge in [-0.2, -0.15) is 0 Å². The van der Waals surface area contributed by atoms with Crippen LogP contribution in [0.4, 0.5) is 5.69 Å². The molecule has 5 nitrogen and oxygen atoms in total. The zero-order valence-corrected chi connectivity index (χ0v) is 12.4. The molecule has 4 N–H and O–H groups in total. The molecule has 0 heterocycles. The highest BCUT2D eigenvalue weighted by Crippen LogP contribution is 2.22. The maximum absolute atomic E-state index is 12.4. The number of hydrogen-bond donors (Lipinski definition) is 3. The highest BCUT2D eigenvalue weighted by molar-refractivity contribution is 7.89. The molecule has 0 aliphatic carbocycles. The maximum Gasteiger partial charge on any atom is 0.241 e. The Balaban J connectivity index is 3.13. The number of aliphatic hydroxyl groups is 1. The third kappa shape index (κ3) is 3.92. The Morgan fingerprint density at radius 1 is 1.37 bits per heavy atom. The predicted octanol–water partition coefficient (Wildman–Crippen LogP) is 1.32. The number of nitrogens with two attached hydrogens (primary N) is 1. The number of aryl methyl sites for hydroxylation is 1. The van der Waals surface area contributed by atoms with Crippen LogP contribution in [-0.2, 0) is 10.0 Å². The summed E-state index contributed by atoms with van der Waals surface area (Å²) in [6.07, 6.45) is 1.02. The fourth-order valence-electron chi connectivity index (χ4n) is 1.92. The molecule has 1 aromatic rings. The van der Waals surface area contributed by atoms with Crippen molar-refractivity contribution >= 4 is 15.7 Å². The second kappa shape index (κ2) is 6.36. The Morgan fingerprint density at radius 3 is 2.53 bits per heavy atom. The van der Waals surface area contributed by atoms with Crippen LogP contribution in [0.5, 0.6) is 0 Å². The lowest BCUT2D eigenvalue weighted by molar-refractivity contribution is 0.270. The molecule has 19 heavy (non-hydrogen) atoms. The number of benzene rings is 1. The molecular weight excluding hydrogens is 264 g/mol. The molecule has 0 amide bonds. The Hall–Kier alpha value is -1.11. The fraction of sp³-hybridized carbons (Fsp3) is 0.538. The lowest BCUT2D eigenvalue weighted by atomic mass is 10.1. The standard InChI is InChI=1S/C13H22N2O3S/c1-4-12(5-6-16)15-19(17,18)13-8-11(14)7-9(2)10(13)3/h7-8,12,15-16H,4-6,14H2,1-3H3. The highest BCUT2D eigenvalue weighted by Gasteiger charge is 2.21. The average Bonchev–Trinajstić information content (AvgIpc) is 2.32. The smallest absolute Gasteiger partial charge is 0.241 e. The van der Waals surface area contributed by atoms with E-state index < -0.39 is 10.0 Å². The number of sulfonamides is 1. The first kappa shape index (κ1) is 15.9. The monoisotopic (exact) mass is 286 g/mol. The Morgan fingerprint density at radius 2 is 2.00 bits per heavy atom. The van der Waals surface area contributed by atoms with E-state index in [2.05, 4.69) is 4.72 Å². The van der Waals surface area contributed by atoms with E-state index in [4.69, 9.17) is 10.8 Å². The molecule has 108 valence electrons. The van der Waals surface area contributed by atoms with Gasteiger partial charge in [-0.3, -0.25) is 0 Å². The highest BCUT2D eigenvalue weighted by atomic mass is 32.2. The van der Waals surface area contributed by atoms with Crippen molar-refractivity contribution < 1.29 is 13.5 Å². The minimum Gasteiger partial charge on any atom is -0.399 e. The topological polar surface area (TPSA) is 92.4 Å². The van der Waals surface area contributed by atoms with E-state index in [1.54, 1.807) is 13.0 Å².